The number of amides is 1. The van der Waals surface area contributed by atoms with Crippen LogP contribution in [0.3, 0.4) is 0 Å². The number of rotatable bonds is 9. The number of amidine groups is 1. The molecule has 0 unspecified atom stereocenters. The lowest BCUT2D eigenvalue weighted by Crippen LogP contribution is -2.48. The van der Waals surface area contributed by atoms with Crippen LogP contribution in [0, 0.1) is 0 Å². The number of nitrogens with zero attached hydrogens (tertiary/aromatic N) is 5. The summed E-state index contributed by atoms with van der Waals surface area (Å²) in [5, 5.41) is 21.1. The highest BCUT2D eigenvalue weighted by atomic mass is 19.4. The van der Waals surface area contributed by atoms with E-state index in [0.29, 0.717) is 29.7 Å². The molecule has 1 fully saturated rings. The Bertz CT molecular complexity index is 1720. The van der Waals surface area contributed by atoms with Crippen LogP contribution in [0.25, 0.3) is 16.9 Å². The smallest absolute Gasteiger partial charge is 0.397 e. The number of aliphatic hydroxyl groups is 1. The van der Waals surface area contributed by atoms with Crippen LogP contribution in [0.4, 0.5) is 13.2 Å². The van der Waals surface area contributed by atoms with Crippen LogP contribution in [-0.2, 0) is 22.5 Å². The maximum Gasteiger partial charge on any atom is 0.417 e. The number of oxime groups is 1. The Balaban J connectivity index is 1.51. The summed E-state index contributed by atoms with van der Waals surface area (Å²) in [6.45, 7) is 1.99. The number of carbonyl (C=O) groups is 1. The van der Waals surface area contributed by atoms with Crippen molar-refractivity contribution in [3.05, 3.63) is 87.6 Å². The van der Waals surface area contributed by atoms with Crippen molar-refractivity contribution in [2.75, 3.05) is 7.11 Å². The molecular formula is C31H33F3N6O4. The second-order valence-electron chi connectivity index (χ2n) is 10.9. The molecule has 2 aromatic heterocycles. The van der Waals surface area contributed by atoms with E-state index < -0.39 is 30.7 Å². The van der Waals surface area contributed by atoms with Gasteiger partial charge in [0, 0.05) is 23.6 Å². The van der Waals surface area contributed by atoms with Crippen molar-refractivity contribution in [1.82, 2.24) is 24.5 Å². The van der Waals surface area contributed by atoms with Gasteiger partial charge in [0.05, 0.1) is 5.69 Å². The number of carbonyl (C=O) groups excluding carboxylic acids is 1. The molecule has 1 aliphatic rings. The molecule has 10 nitrogen and oxygen atoms in total. The monoisotopic (exact) mass is 610 g/mol. The summed E-state index contributed by atoms with van der Waals surface area (Å²) in [7, 11) is 1.39. The first-order chi connectivity index (χ1) is 21.1. The van der Waals surface area contributed by atoms with Gasteiger partial charge < -0.3 is 15.3 Å². The number of aromatic nitrogens is 4. The van der Waals surface area contributed by atoms with E-state index in [2.05, 4.69) is 20.6 Å². The van der Waals surface area contributed by atoms with Gasteiger partial charge in [0.1, 0.15) is 13.4 Å². The van der Waals surface area contributed by atoms with Gasteiger partial charge in [0.2, 0.25) is 12.2 Å². The number of fused-ring (bicyclic) bond motifs is 1. The van der Waals surface area contributed by atoms with Crippen molar-refractivity contribution in [3.8, 4) is 11.1 Å². The van der Waals surface area contributed by atoms with Gasteiger partial charge >= 0.3 is 6.18 Å². The molecule has 44 heavy (non-hydrogen) atoms. The molecule has 0 bridgehead atoms. The molecule has 0 radical (unpaired) electrons. The van der Waals surface area contributed by atoms with Crippen LogP contribution in [-0.4, -0.2) is 55.4 Å². The molecule has 232 valence electrons. The van der Waals surface area contributed by atoms with Crippen molar-refractivity contribution in [2.24, 2.45) is 5.16 Å². The quantitative estimate of drug-likeness (QED) is 0.124. The van der Waals surface area contributed by atoms with Crippen molar-refractivity contribution >= 4 is 18.0 Å². The van der Waals surface area contributed by atoms with Gasteiger partial charge in [0.25, 0.3) is 5.56 Å². The molecule has 0 spiro atoms. The number of alkyl halides is 3. The van der Waals surface area contributed by atoms with E-state index >= 15 is 0 Å². The molecule has 1 amide bonds. The van der Waals surface area contributed by atoms with Gasteiger partial charge in [-0.15, -0.1) is 0 Å². The minimum atomic E-state index is -4.74. The standard InChI is InChI=1S/C31H33F3N6O4/c1-3-6-26-25(17-20-9-11-21(12-10-20)23-7-4-5-8-24(23)27(36-19-41)38-44-2)28(42)39(29-35-18-37-40(26)29)22-13-15-30(43,16-14-22)31(32,33)34/h4-5,7-12,18-19,22,43H,3,6,13-17H2,1-2H3,(H,36,38,41). The van der Waals surface area contributed by atoms with E-state index in [1.165, 1.54) is 18.0 Å². The number of hydrogen-bond acceptors (Lipinski definition) is 7. The zero-order valence-electron chi connectivity index (χ0n) is 24.3. The second-order valence-corrected chi connectivity index (χ2v) is 10.9. The number of aryl methyl sites for hydroxylation is 1. The third-order valence-corrected chi connectivity index (χ3v) is 8.19. The van der Waals surface area contributed by atoms with Crippen molar-refractivity contribution in [3.63, 3.8) is 0 Å². The fourth-order valence-corrected chi connectivity index (χ4v) is 5.95. The molecule has 1 aliphatic carbocycles. The Morgan fingerprint density at radius 3 is 2.52 bits per heavy atom. The highest BCUT2D eigenvalue weighted by Crippen LogP contribution is 2.44. The van der Waals surface area contributed by atoms with Crippen LogP contribution in [0.2, 0.25) is 0 Å². The van der Waals surface area contributed by atoms with Gasteiger partial charge in [-0.25, -0.2) is 4.52 Å². The molecule has 2 heterocycles. The first-order valence-corrected chi connectivity index (χ1v) is 14.4. The zero-order chi connectivity index (χ0) is 31.5. The van der Waals surface area contributed by atoms with Crippen LogP contribution in [0.5, 0.6) is 0 Å². The largest absolute Gasteiger partial charge is 0.417 e. The predicted octanol–water partition coefficient (Wildman–Crippen LogP) is 4.56. The van der Waals surface area contributed by atoms with Gasteiger partial charge in [-0.05, 0) is 48.8 Å². The fraction of sp³-hybridized carbons (Fsp3) is 0.387. The maximum absolute atomic E-state index is 14.1. The average molecular weight is 611 g/mol. The van der Waals surface area contributed by atoms with Gasteiger partial charge in [-0.2, -0.15) is 23.3 Å². The molecule has 0 atom stereocenters. The van der Waals surface area contributed by atoms with Crippen LogP contribution in [0.1, 0.15) is 67.5 Å². The molecular weight excluding hydrogens is 577 g/mol. The van der Waals surface area contributed by atoms with E-state index in [1.54, 1.807) is 4.52 Å². The Morgan fingerprint density at radius 2 is 1.89 bits per heavy atom. The summed E-state index contributed by atoms with van der Waals surface area (Å²) in [6, 6.07) is 14.5. The molecule has 1 saturated carbocycles. The second kappa shape index (κ2) is 12.6. The summed E-state index contributed by atoms with van der Waals surface area (Å²) < 4.78 is 43.5. The van der Waals surface area contributed by atoms with Crippen molar-refractivity contribution in [1.29, 1.82) is 0 Å². The molecule has 4 aromatic rings. The zero-order valence-corrected chi connectivity index (χ0v) is 24.3. The lowest BCUT2D eigenvalue weighted by Gasteiger charge is -2.37. The highest BCUT2D eigenvalue weighted by molar-refractivity contribution is 6.08. The minimum absolute atomic E-state index is 0.0214. The van der Waals surface area contributed by atoms with Crippen LogP contribution < -0.4 is 10.9 Å². The van der Waals surface area contributed by atoms with Crippen molar-refractivity contribution < 1.29 is 27.9 Å². The summed E-state index contributed by atoms with van der Waals surface area (Å²) in [4.78, 5) is 34.5. The molecule has 13 heteroatoms. The van der Waals surface area contributed by atoms with E-state index in [9.17, 15) is 27.9 Å². The van der Waals surface area contributed by atoms with E-state index in [1.807, 2.05) is 55.5 Å². The lowest BCUT2D eigenvalue weighted by molar-refractivity contribution is -0.271. The molecule has 0 saturated heterocycles. The Kier molecular flexibility index (Phi) is 8.86. The first-order valence-electron chi connectivity index (χ1n) is 14.4. The minimum Gasteiger partial charge on any atom is -0.397 e. The third kappa shape index (κ3) is 5.83. The molecule has 2 N–H and O–H groups in total. The number of halogens is 3. The van der Waals surface area contributed by atoms with Crippen LogP contribution in [0.15, 0.2) is 64.8 Å². The molecule has 2 aromatic carbocycles. The van der Waals surface area contributed by atoms with Gasteiger partial charge in [-0.1, -0.05) is 67.0 Å². The van der Waals surface area contributed by atoms with Crippen molar-refractivity contribution in [2.45, 2.75) is 69.7 Å². The van der Waals surface area contributed by atoms with E-state index in [0.717, 1.165) is 23.1 Å². The first kappa shape index (κ1) is 30.9. The Hall–Kier alpha value is -4.52. The van der Waals surface area contributed by atoms with Gasteiger partial charge in [-0.3, -0.25) is 14.2 Å². The lowest BCUT2D eigenvalue weighted by atomic mass is 9.81. The number of hydrogen-bond donors (Lipinski definition) is 2. The molecule has 5 rings (SSSR count). The average Bonchev–Trinajstić information content (AvgIpc) is 3.49. The SMILES string of the molecule is CCCc1c(Cc2ccc(-c3ccccc3/C(=N/OC)NC=O)cc2)c(=O)n(C2CCC(O)(C(F)(F)F)CC2)c2ncnn12. The predicted molar refractivity (Wildman–Crippen MR) is 157 cm³/mol. The summed E-state index contributed by atoms with van der Waals surface area (Å²) in [5.74, 6) is 0.540. The van der Waals surface area contributed by atoms with Crippen LogP contribution >= 0.6 is 0 Å². The maximum atomic E-state index is 14.1. The molecule has 0 aliphatic heterocycles. The fourth-order valence-electron chi connectivity index (χ4n) is 5.95. The number of nitrogens with one attached hydrogen (secondary N) is 1. The Morgan fingerprint density at radius 1 is 1.18 bits per heavy atom. The van der Waals surface area contributed by atoms with E-state index in [4.69, 9.17) is 4.84 Å². The number of benzene rings is 2. The van der Waals surface area contributed by atoms with E-state index in [-0.39, 0.29) is 36.4 Å². The summed E-state index contributed by atoms with van der Waals surface area (Å²) in [6.07, 6.45) is -2.34. The normalized spacial score (nSPS) is 19.2. The Labute approximate surface area is 251 Å². The topological polar surface area (TPSA) is 123 Å². The summed E-state index contributed by atoms with van der Waals surface area (Å²) >= 11 is 0. The third-order valence-electron chi connectivity index (χ3n) is 8.19. The van der Waals surface area contributed by atoms with Gasteiger partial charge in [0.15, 0.2) is 11.4 Å². The summed E-state index contributed by atoms with van der Waals surface area (Å²) in [5.41, 5.74) is 1.28. The highest BCUT2D eigenvalue weighted by Gasteiger charge is 2.55.